The maximum atomic E-state index is 12.6. The Morgan fingerprint density at radius 2 is 1.93 bits per heavy atom. The summed E-state index contributed by atoms with van der Waals surface area (Å²) in [4.78, 5) is 14.8. The molecule has 2 rings (SSSR count). The summed E-state index contributed by atoms with van der Waals surface area (Å²) in [6.45, 7) is 9.51. The van der Waals surface area contributed by atoms with Crippen LogP contribution in [0.4, 0.5) is 19.0 Å². The molecule has 0 unspecified atom stereocenters. The van der Waals surface area contributed by atoms with Crippen molar-refractivity contribution in [2.45, 2.75) is 39.9 Å². The smallest absolute Gasteiger partial charge is 0.357 e. The monoisotopic (exact) mass is 428 g/mol. The molecule has 0 aliphatic carbocycles. The number of pyridine rings is 1. The second-order valence-electron chi connectivity index (χ2n) is 6.19. The van der Waals surface area contributed by atoms with Gasteiger partial charge in [-0.2, -0.15) is 13.2 Å². The predicted octanol–water partition coefficient (Wildman–Crippen LogP) is 3.70. The van der Waals surface area contributed by atoms with Crippen molar-refractivity contribution in [2.75, 3.05) is 31.1 Å². The van der Waals surface area contributed by atoms with Gasteiger partial charge in [0.15, 0.2) is 11.7 Å². The third kappa shape index (κ3) is 7.19. The van der Waals surface area contributed by atoms with Crippen molar-refractivity contribution in [2.24, 2.45) is 4.99 Å². The molecule has 2 aromatic heterocycles. The van der Waals surface area contributed by atoms with Crippen molar-refractivity contribution < 1.29 is 13.2 Å². The Kier molecular flexibility index (Phi) is 8.69. The number of nitrogens with zero attached hydrogens (tertiary/aromatic N) is 4. The first kappa shape index (κ1) is 22.9. The molecule has 29 heavy (non-hydrogen) atoms. The van der Waals surface area contributed by atoms with E-state index in [0.717, 1.165) is 41.2 Å². The molecule has 2 heterocycles. The summed E-state index contributed by atoms with van der Waals surface area (Å²) in [7, 11) is 0. The Morgan fingerprint density at radius 3 is 2.48 bits per heavy atom. The summed E-state index contributed by atoms with van der Waals surface area (Å²) in [5.74, 6) is 1.54. The largest absolute Gasteiger partial charge is 0.434 e. The van der Waals surface area contributed by atoms with Crippen LogP contribution in [0.3, 0.4) is 0 Å². The second-order valence-corrected chi connectivity index (χ2v) is 7.14. The third-order valence-corrected chi connectivity index (χ3v) is 5.04. The first-order valence-electron chi connectivity index (χ1n) is 9.61. The number of guanidine groups is 1. The molecule has 0 aliphatic rings. The molecule has 0 bridgehead atoms. The van der Waals surface area contributed by atoms with E-state index in [1.54, 1.807) is 0 Å². The lowest BCUT2D eigenvalue weighted by Gasteiger charge is -2.19. The zero-order valence-corrected chi connectivity index (χ0v) is 17.7. The number of thiazole rings is 1. The van der Waals surface area contributed by atoms with Gasteiger partial charge >= 0.3 is 6.18 Å². The van der Waals surface area contributed by atoms with E-state index < -0.39 is 11.9 Å². The van der Waals surface area contributed by atoms with Crippen LogP contribution in [0.1, 0.15) is 37.0 Å². The number of hydrogen-bond donors (Lipinski definition) is 2. The molecule has 0 saturated heterocycles. The van der Waals surface area contributed by atoms with Crippen LogP contribution >= 0.6 is 11.3 Å². The maximum Gasteiger partial charge on any atom is 0.434 e. The molecule has 0 spiro atoms. The number of anilines is 1. The van der Waals surface area contributed by atoms with Crippen LogP contribution in [-0.2, 0) is 19.1 Å². The highest BCUT2D eigenvalue weighted by Gasteiger charge is 2.33. The van der Waals surface area contributed by atoms with Crippen molar-refractivity contribution in [3.05, 3.63) is 40.0 Å². The average molecular weight is 429 g/mol. The summed E-state index contributed by atoms with van der Waals surface area (Å²) in [6, 6.07) is 3.99. The summed E-state index contributed by atoms with van der Waals surface area (Å²) >= 11 is 1.02. The van der Waals surface area contributed by atoms with Gasteiger partial charge in [-0.1, -0.05) is 6.07 Å². The highest BCUT2D eigenvalue weighted by Crippen LogP contribution is 2.30. The Balaban J connectivity index is 1.90. The first-order valence-corrected chi connectivity index (χ1v) is 10.5. The van der Waals surface area contributed by atoms with E-state index in [1.807, 2.05) is 25.3 Å². The maximum absolute atomic E-state index is 12.6. The molecule has 2 aromatic rings. The molecule has 2 N–H and O–H groups in total. The van der Waals surface area contributed by atoms with Crippen LogP contribution < -0.4 is 15.5 Å². The summed E-state index contributed by atoms with van der Waals surface area (Å²) in [5.41, 5.74) is 0.145. The quantitative estimate of drug-likeness (QED) is 0.471. The van der Waals surface area contributed by atoms with Gasteiger partial charge in [0.25, 0.3) is 0 Å². The van der Waals surface area contributed by atoms with Crippen LogP contribution in [0.15, 0.2) is 28.7 Å². The van der Waals surface area contributed by atoms with Crippen molar-refractivity contribution in [1.82, 2.24) is 20.6 Å². The van der Waals surface area contributed by atoms with Gasteiger partial charge in [-0.15, -0.1) is 11.3 Å². The van der Waals surface area contributed by atoms with Gasteiger partial charge in [0.2, 0.25) is 0 Å². The lowest BCUT2D eigenvalue weighted by molar-refractivity contribution is -0.140. The van der Waals surface area contributed by atoms with Crippen LogP contribution in [0, 0.1) is 0 Å². The van der Waals surface area contributed by atoms with Gasteiger partial charge in [-0.05, 0) is 32.4 Å². The minimum atomic E-state index is -4.40. The van der Waals surface area contributed by atoms with Crippen molar-refractivity contribution in [1.29, 1.82) is 0 Å². The number of halogens is 3. The van der Waals surface area contributed by atoms with E-state index >= 15 is 0 Å². The molecule has 0 saturated carbocycles. The number of aromatic nitrogens is 2. The number of alkyl halides is 3. The molecule has 0 aromatic carbocycles. The predicted molar refractivity (Wildman–Crippen MR) is 111 cm³/mol. The number of nitrogens with one attached hydrogen (secondary N) is 2. The van der Waals surface area contributed by atoms with Crippen LogP contribution in [0.25, 0.3) is 0 Å². The van der Waals surface area contributed by atoms with Gasteiger partial charge < -0.3 is 15.5 Å². The average Bonchev–Trinajstić information content (AvgIpc) is 3.17. The van der Waals surface area contributed by atoms with Gasteiger partial charge in [-0.25, -0.2) is 15.0 Å². The number of aliphatic imine (C=N–C) groups is 1. The zero-order valence-electron chi connectivity index (χ0n) is 16.9. The molecular weight excluding hydrogens is 401 g/mol. The molecule has 0 aliphatic heterocycles. The molecule has 0 amide bonds. The highest BCUT2D eigenvalue weighted by atomic mass is 32.1. The highest BCUT2D eigenvalue weighted by molar-refractivity contribution is 7.09. The lowest BCUT2D eigenvalue weighted by Crippen LogP contribution is -2.38. The minimum absolute atomic E-state index is 0.394. The van der Waals surface area contributed by atoms with Crippen LogP contribution in [-0.4, -0.2) is 42.1 Å². The topological polar surface area (TPSA) is 65.4 Å². The fourth-order valence-corrected chi connectivity index (χ4v) is 3.41. The van der Waals surface area contributed by atoms with E-state index in [0.29, 0.717) is 37.0 Å². The van der Waals surface area contributed by atoms with E-state index in [4.69, 9.17) is 0 Å². The summed E-state index contributed by atoms with van der Waals surface area (Å²) in [6.07, 6.45) is -2.19. The molecule has 0 atom stereocenters. The van der Waals surface area contributed by atoms with Crippen molar-refractivity contribution in [3.63, 3.8) is 0 Å². The first-order chi connectivity index (χ1) is 13.9. The standard InChI is InChI=1S/C19H27F3N6S/c1-4-23-18(24-10-9-17-27-15(13-29-17)19(20,21)22)26-12-14-7-8-16(25-11-14)28(5-2)6-3/h7-8,11,13H,4-6,9-10,12H2,1-3H3,(H2,23,24,26). The van der Waals surface area contributed by atoms with Gasteiger partial charge in [0.1, 0.15) is 5.82 Å². The fourth-order valence-electron chi connectivity index (χ4n) is 2.60. The van der Waals surface area contributed by atoms with E-state index in [2.05, 4.69) is 44.3 Å². The molecule has 6 nitrogen and oxygen atoms in total. The van der Waals surface area contributed by atoms with Crippen LogP contribution in [0.5, 0.6) is 0 Å². The fraction of sp³-hybridized carbons (Fsp3) is 0.526. The molecule has 160 valence electrons. The molecule has 0 radical (unpaired) electrons. The van der Waals surface area contributed by atoms with Crippen molar-refractivity contribution >= 4 is 23.1 Å². The summed E-state index contributed by atoms with van der Waals surface area (Å²) in [5, 5.41) is 7.75. The summed E-state index contributed by atoms with van der Waals surface area (Å²) < 4.78 is 37.8. The van der Waals surface area contributed by atoms with Crippen LogP contribution in [0.2, 0.25) is 0 Å². The number of rotatable bonds is 9. The molecule has 10 heteroatoms. The van der Waals surface area contributed by atoms with Gasteiger partial charge in [0, 0.05) is 44.2 Å². The molecular formula is C19H27F3N6S. The second kappa shape index (κ2) is 11.0. The van der Waals surface area contributed by atoms with Gasteiger partial charge in [0.05, 0.1) is 11.6 Å². The molecule has 0 fully saturated rings. The Bertz CT molecular complexity index is 769. The van der Waals surface area contributed by atoms with E-state index in [1.165, 1.54) is 0 Å². The lowest BCUT2D eigenvalue weighted by atomic mass is 10.3. The normalized spacial score (nSPS) is 12.1. The van der Waals surface area contributed by atoms with Crippen molar-refractivity contribution in [3.8, 4) is 0 Å². The van der Waals surface area contributed by atoms with E-state index in [9.17, 15) is 13.2 Å². The Labute approximate surface area is 173 Å². The van der Waals surface area contributed by atoms with Gasteiger partial charge in [-0.3, -0.25) is 0 Å². The Morgan fingerprint density at radius 1 is 1.17 bits per heavy atom. The zero-order chi connectivity index (χ0) is 21.3. The SMILES string of the molecule is CCNC(=NCc1ccc(N(CC)CC)nc1)NCCc1nc(C(F)(F)F)cs1. The minimum Gasteiger partial charge on any atom is -0.357 e. The van der Waals surface area contributed by atoms with E-state index in [-0.39, 0.29) is 0 Å². The Hall–Kier alpha value is -2.36. The third-order valence-electron chi connectivity index (χ3n) is 4.13. The number of hydrogen-bond acceptors (Lipinski definition) is 5.